The minimum Gasteiger partial charge on any atom is -0.406 e. The fraction of sp³-hybridized carbons (Fsp3) is 0.308. The second kappa shape index (κ2) is 12.3. The number of aromatic nitrogens is 4. The number of nitrogens with zero attached hydrogens (tertiary/aromatic N) is 4. The number of rotatable bonds is 9. The molecule has 41 heavy (non-hydrogen) atoms. The van der Waals surface area contributed by atoms with Crippen LogP contribution in [-0.2, 0) is 16.0 Å². The summed E-state index contributed by atoms with van der Waals surface area (Å²) in [6.07, 6.45) is -3.90. The molecule has 2 aromatic carbocycles. The van der Waals surface area contributed by atoms with E-state index in [4.69, 9.17) is 0 Å². The molecule has 4 aromatic rings. The maximum Gasteiger partial charge on any atom is 0.573 e. The molecule has 3 N–H and O–H groups in total. The molecule has 2 aromatic heterocycles. The highest BCUT2D eigenvalue weighted by Crippen LogP contribution is 2.45. The van der Waals surface area contributed by atoms with Crippen molar-refractivity contribution in [3.63, 3.8) is 0 Å². The van der Waals surface area contributed by atoms with Gasteiger partial charge < -0.3 is 15.2 Å². The largest absolute Gasteiger partial charge is 0.573 e. The predicted octanol–water partition coefficient (Wildman–Crippen LogP) is 5.19. The molecule has 0 saturated heterocycles. The van der Waals surface area contributed by atoms with Crippen LogP contribution in [0.25, 0.3) is 0 Å². The van der Waals surface area contributed by atoms with Gasteiger partial charge in [0.05, 0.1) is 6.42 Å². The van der Waals surface area contributed by atoms with E-state index in [0.29, 0.717) is 21.4 Å². The lowest BCUT2D eigenvalue weighted by atomic mass is 10.1. The number of anilines is 2. The Kier molecular flexibility index (Phi) is 8.56. The molecule has 15 heteroatoms. The normalized spacial score (nSPS) is 17.7. The van der Waals surface area contributed by atoms with Crippen molar-refractivity contribution in [1.82, 2.24) is 20.4 Å². The number of benzene rings is 2. The molecule has 214 valence electrons. The summed E-state index contributed by atoms with van der Waals surface area (Å²) in [5, 5.41) is 34.2. The van der Waals surface area contributed by atoms with Gasteiger partial charge in [0, 0.05) is 11.8 Å². The minimum absolute atomic E-state index is 0.0983. The Morgan fingerprint density at radius 3 is 2.20 bits per heavy atom. The Morgan fingerprint density at radius 2 is 1.56 bits per heavy atom. The molecule has 2 amide bonds. The molecule has 0 aliphatic heterocycles. The van der Waals surface area contributed by atoms with Crippen LogP contribution in [0.2, 0.25) is 0 Å². The lowest BCUT2D eigenvalue weighted by Gasteiger charge is -2.09. The van der Waals surface area contributed by atoms with Crippen LogP contribution in [-0.4, -0.2) is 43.7 Å². The van der Waals surface area contributed by atoms with Crippen molar-refractivity contribution in [2.45, 2.75) is 50.0 Å². The van der Waals surface area contributed by atoms with Crippen LogP contribution in [0, 0.1) is 0 Å². The smallest absolute Gasteiger partial charge is 0.406 e. The number of hydrogen-bond acceptors (Lipinski definition) is 10. The van der Waals surface area contributed by atoms with Gasteiger partial charge in [0.15, 0.2) is 6.10 Å². The molecule has 1 fully saturated rings. The molecule has 0 bridgehead atoms. The Hall–Kier alpha value is -3.95. The van der Waals surface area contributed by atoms with E-state index in [0.717, 1.165) is 41.4 Å². The van der Waals surface area contributed by atoms with Crippen LogP contribution in [0.4, 0.5) is 23.4 Å². The van der Waals surface area contributed by atoms with Crippen molar-refractivity contribution in [2.24, 2.45) is 0 Å². The van der Waals surface area contributed by atoms with Gasteiger partial charge in [-0.1, -0.05) is 65.1 Å². The van der Waals surface area contributed by atoms with Gasteiger partial charge >= 0.3 is 6.36 Å². The van der Waals surface area contributed by atoms with E-state index in [-0.39, 0.29) is 18.3 Å². The minimum atomic E-state index is -4.82. The maximum atomic E-state index is 12.5. The number of aliphatic hydroxyl groups excluding tert-OH is 1. The van der Waals surface area contributed by atoms with Gasteiger partial charge in [-0.15, -0.1) is 33.6 Å². The molecule has 3 unspecified atom stereocenters. The lowest BCUT2D eigenvalue weighted by molar-refractivity contribution is -0.274. The average Bonchev–Trinajstić information content (AvgIpc) is 3.69. The van der Waals surface area contributed by atoms with Crippen molar-refractivity contribution in [3.05, 3.63) is 75.7 Å². The Labute approximate surface area is 239 Å². The molecule has 0 radical (unpaired) electrons. The van der Waals surface area contributed by atoms with Crippen molar-refractivity contribution in [2.75, 3.05) is 10.6 Å². The van der Waals surface area contributed by atoms with Crippen LogP contribution in [0.15, 0.2) is 54.6 Å². The highest BCUT2D eigenvalue weighted by molar-refractivity contribution is 7.15. The number of nitrogens with one attached hydrogen (secondary N) is 2. The van der Waals surface area contributed by atoms with E-state index < -0.39 is 30.0 Å². The number of alkyl halides is 3. The predicted molar refractivity (Wildman–Crippen MR) is 145 cm³/mol. The van der Waals surface area contributed by atoms with E-state index in [1.165, 1.54) is 34.8 Å². The molecule has 1 aliphatic rings. The van der Waals surface area contributed by atoms with Crippen LogP contribution in [0.3, 0.4) is 0 Å². The average molecular weight is 605 g/mol. The van der Waals surface area contributed by atoms with E-state index in [1.54, 1.807) is 30.3 Å². The first-order chi connectivity index (χ1) is 19.6. The van der Waals surface area contributed by atoms with Crippen LogP contribution in [0.1, 0.15) is 58.3 Å². The van der Waals surface area contributed by atoms with Gasteiger partial charge in [0.2, 0.25) is 16.2 Å². The summed E-state index contributed by atoms with van der Waals surface area (Å²) in [5.41, 5.74) is 0.834. The topological polar surface area (TPSA) is 139 Å². The number of amides is 2. The molecule has 10 nitrogen and oxygen atoms in total. The molecule has 3 atom stereocenters. The number of aliphatic hydroxyl groups is 1. The zero-order chi connectivity index (χ0) is 29.0. The van der Waals surface area contributed by atoms with Gasteiger partial charge in [-0.2, -0.15) is 0 Å². The van der Waals surface area contributed by atoms with Crippen molar-refractivity contribution < 1.29 is 32.6 Å². The van der Waals surface area contributed by atoms with Crippen LogP contribution in [0.5, 0.6) is 5.75 Å². The second-order valence-electron chi connectivity index (χ2n) is 9.32. The van der Waals surface area contributed by atoms with Crippen LogP contribution >= 0.6 is 22.7 Å². The monoisotopic (exact) mass is 604 g/mol. The fourth-order valence-electron chi connectivity index (χ4n) is 4.49. The summed E-state index contributed by atoms with van der Waals surface area (Å²) >= 11 is 2.51. The lowest BCUT2D eigenvalue weighted by Crippen LogP contribution is -2.20. The van der Waals surface area contributed by atoms with E-state index in [9.17, 15) is 27.9 Å². The van der Waals surface area contributed by atoms with Crippen molar-refractivity contribution in [1.29, 1.82) is 0 Å². The highest BCUT2D eigenvalue weighted by Gasteiger charge is 2.33. The third kappa shape index (κ3) is 7.62. The first-order valence-corrected chi connectivity index (χ1v) is 14.1. The van der Waals surface area contributed by atoms with Gasteiger partial charge in [0.1, 0.15) is 15.8 Å². The molecule has 1 saturated carbocycles. The number of ether oxygens (including phenoxy) is 1. The Balaban J connectivity index is 1.13. The Bertz CT molecular complexity index is 1510. The van der Waals surface area contributed by atoms with E-state index in [1.807, 2.05) is 0 Å². The zero-order valence-electron chi connectivity index (χ0n) is 21.2. The molecule has 0 spiro atoms. The molecule has 5 rings (SSSR count). The fourth-order valence-corrected chi connectivity index (χ4v) is 6.29. The highest BCUT2D eigenvalue weighted by atomic mass is 32.1. The Morgan fingerprint density at radius 1 is 0.927 bits per heavy atom. The zero-order valence-corrected chi connectivity index (χ0v) is 22.8. The maximum absolute atomic E-state index is 12.5. The third-order valence-electron chi connectivity index (χ3n) is 6.35. The standard InChI is InChI=1S/C26H23F3N6O4S2/c27-26(28,29)39-18-8-4-5-14(11-18)12-19(36)30-24-34-32-22(40-24)16-9-10-17(13-16)23-33-35-25(41-23)31-21(38)20(37)15-6-2-1-3-7-15/h1-8,11,16-17,20,37H,9-10,12-13H2,(H,30,34,36)(H,31,35,38). The third-order valence-corrected chi connectivity index (χ3v) is 8.35. The summed E-state index contributed by atoms with van der Waals surface area (Å²) in [6, 6.07) is 13.8. The quantitative estimate of drug-likeness (QED) is 0.237. The van der Waals surface area contributed by atoms with Crippen molar-refractivity contribution >= 4 is 44.8 Å². The van der Waals surface area contributed by atoms with Gasteiger partial charge in [-0.3, -0.25) is 14.9 Å². The second-order valence-corrected chi connectivity index (χ2v) is 11.3. The number of carbonyl (C=O) groups is 2. The summed E-state index contributed by atoms with van der Waals surface area (Å²) in [5.74, 6) is -1.22. The molecule has 1 aliphatic carbocycles. The van der Waals surface area contributed by atoms with E-state index in [2.05, 4.69) is 35.8 Å². The van der Waals surface area contributed by atoms with Crippen molar-refractivity contribution in [3.8, 4) is 5.75 Å². The number of halogens is 3. The SMILES string of the molecule is O=C(Cc1cccc(OC(F)(F)F)c1)Nc1nnc(C2CCC(c3nnc(NC(=O)C(O)c4ccccc4)s3)C2)s1. The number of carbonyl (C=O) groups excluding carboxylic acids is 2. The molecular formula is C26H23F3N6O4S2. The van der Waals surface area contributed by atoms with E-state index >= 15 is 0 Å². The molecule has 2 heterocycles. The van der Waals surface area contributed by atoms with Gasteiger partial charge in [-0.25, -0.2) is 0 Å². The number of hydrogen-bond donors (Lipinski definition) is 3. The van der Waals surface area contributed by atoms with Gasteiger partial charge in [0.25, 0.3) is 5.91 Å². The summed E-state index contributed by atoms with van der Waals surface area (Å²) in [7, 11) is 0. The van der Waals surface area contributed by atoms with Crippen LogP contribution < -0.4 is 15.4 Å². The van der Waals surface area contributed by atoms with Gasteiger partial charge in [-0.05, 0) is 42.5 Å². The first-order valence-electron chi connectivity index (χ1n) is 12.5. The summed E-state index contributed by atoms with van der Waals surface area (Å²) in [6.45, 7) is 0. The first kappa shape index (κ1) is 28.6. The molecular weight excluding hydrogens is 581 g/mol. The summed E-state index contributed by atoms with van der Waals surface area (Å²) in [4.78, 5) is 24.9. The summed E-state index contributed by atoms with van der Waals surface area (Å²) < 4.78 is 41.3.